The first-order valence-corrected chi connectivity index (χ1v) is 6.54. The molecule has 2 aromatic heterocycles. The number of esters is 1. The molecule has 3 aromatic rings. The maximum atomic E-state index is 13.8. The van der Waals surface area contributed by atoms with Crippen molar-refractivity contribution in [2.75, 3.05) is 7.11 Å². The Kier molecular flexibility index (Phi) is 4.05. The number of hydrogen-bond donors (Lipinski definition) is 0. The first-order chi connectivity index (χ1) is 11.2. The van der Waals surface area contributed by atoms with Crippen LogP contribution < -0.4 is 4.74 Å². The molecule has 0 N–H and O–H groups in total. The standard InChI is InChI=1S/C15H11FN2O5/c1-20-9-4-5-10(11(16)7-9)15(19)22-8-13-17-18-14(23-13)12-3-2-6-21-12/h2-7H,8H2,1H3. The lowest BCUT2D eigenvalue weighted by molar-refractivity contribution is 0.0433. The molecule has 2 heterocycles. The van der Waals surface area contributed by atoms with Crippen LogP contribution in [0.25, 0.3) is 11.7 Å². The van der Waals surface area contributed by atoms with Gasteiger partial charge >= 0.3 is 5.97 Å². The number of carbonyl (C=O) groups is 1. The Hall–Kier alpha value is -3.16. The van der Waals surface area contributed by atoms with Gasteiger partial charge in [0.2, 0.25) is 0 Å². The summed E-state index contributed by atoms with van der Waals surface area (Å²) < 4.78 is 33.9. The molecule has 0 bridgehead atoms. The number of rotatable bonds is 5. The topological polar surface area (TPSA) is 87.6 Å². The third-order valence-electron chi connectivity index (χ3n) is 2.92. The van der Waals surface area contributed by atoms with E-state index in [1.807, 2.05) is 0 Å². The lowest BCUT2D eigenvalue weighted by atomic mass is 10.2. The zero-order chi connectivity index (χ0) is 16.2. The SMILES string of the molecule is COc1ccc(C(=O)OCc2nnc(-c3ccco3)o2)c(F)c1. The van der Waals surface area contributed by atoms with Crippen LogP contribution in [0, 0.1) is 5.82 Å². The molecule has 8 heteroatoms. The van der Waals surface area contributed by atoms with E-state index in [1.165, 1.54) is 25.5 Å². The van der Waals surface area contributed by atoms with Crippen molar-refractivity contribution >= 4 is 5.97 Å². The summed E-state index contributed by atoms with van der Waals surface area (Å²) in [6.07, 6.45) is 1.46. The highest BCUT2D eigenvalue weighted by molar-refractivity contribution is 5.89. The molecule has 0 saturated heterocycles. The number of carbonyl (C=O) groups excluding carboxylic acids is 1. The number of nitrogens with zero attached hydrogens (tertiary/aromatic N) is 2. The molecular weight excluding hydrogens is 307 g/mol. The van der Waals surface area contributed by atoms with Crippen LogP contribution >= 0.6 is 0 Å². The van der Waals surface area contributed by atoms with Crippen molar-refractivity contribution in [2.24, 2.45) is 0 Å². The summed E-state index contributed by atoms with van der Waals surface area (Å²) in [7, 11) is 1.40. The number of hydrogen-bond acceptors (Lipinski definition) is 7. The summed E-state index contributed by atoms with van der Waals surface area (Å²) >= 11 is 0. The molecule has 0 radical (unpaired) electrons. The molecule has 0 aliphatic heterocycles. The van der Waals surface area contributed by atoms with E-state index in [4.69, 9.17) is 18.3 Å². The Bertz CT molecular complexity index is 813. The summed E-state index contributed by atoms with van der Waals surface area (Å²) in [6, 6.07) is 7.15. The second-order valence-corrected chi connectivity index (χ2v) is 4.40. The highest BCUT2D eigenvalue weighted by atomic mass is 19.1. The van der Waals surface area contributed by atoms with Crippen LogP contribution in [-0.2, 0) is 11.3 Å². The van der Waals surface area contributed by atoms with Gasteiger partial charge in [-0.05, 0) is 24.3 Å². The van der Waals surface area contributed by atoms with Gasteiger partial charge in [0.15, 0.2) is 12.4 Å². The Morgan fingerprint density at radius 1 is 1.30 bits per heavy atom. The molecule has 23 heavy (non-hydrogen) atoms. The van der Waals surface area contributed by atoms with Crippen molar-refractivity contribution in [3.63, 3.8) is 0 Å². The van der Waals surface area contributed by atoms with Crippen LogP contribution in [-0.4, -0.2) is 23.3 Å². The molecular formula is C15H11FN2O5. The fourth-order valence-electron chi connectivity index (χ4n) is 1.81. The molecule has 0 aliphatic carbocycles. The van der Waals surface area contributed by atoms with Gasteiger partial charge in [-0.15, -0.1) is 10.2 Å². The minimum absolute atomic E-state index is 0.0682. The van der Waals surface area contributed by atoms with Crippen LogP contribution in [0.4, 0.5) is 4.39 Å². The average Bonchev–Trinajstić information content (AvgIpc) is 3.23. The lowest BCUT2D eigenvalue weighted by Crippen LogP contribution is -2.08. The normalized spacial score (nSPS) is 10.5. The monoisotopic (exact) mass is 318 g/mol. The fourth-order valence-corrected chi connectivity index (χ4v) is 1.81. The van der Waals surface area contributed by atoms with Gasteiger partial charge in [0.25, 0.3) is 11.8 Å². The number of halogens is 1. The smallest absolute Gasteiger partial charge is 0.341 e. The molecule has 1 aromatic carbocycles. The van der Waals surface area contributed by atoms with Crippen molar-refractivity contribution in [3.05, 3.63) is 53.9 Å². The van der Waals surface area contributed by atoms with Crippen molar-refractivity contribution in [1.82, 2.24) is 10.2 Å². The molecule has 118 valence electrons. The zero-order valence-corrected chi connectivity index (χ0v) is 12.0. The number of methoxy groups -OCH3 is 1. The molecule has 0 spiro atoms. The number of ether oxygens (including phenoxy) is 2. The van der Waals surface area contributed by atoms with Crippen molar-refractivity contribution in [1.29, 1.82) is 0 Å². The van der Waals surface area contributed by atoms with Crippen molar-refractivity contribution < 1.29 is 27.5 Å². The Morgan fingerprint density at radius 2 is 2.17 bits per heavy atom. The Labute approximate surface area is 129 Å². The highest BCUT2D eigenvalue weighted by Crippen LogP contribution is 2.19. The minimum atomic E-state index is -0.845. The lowest BCUT2D eigenvalue weighted by Gasteiger charge is -2.05. The quantitative estimate of drug-likeness (QED) is 0.668. The largest absolute Gasteiger partial charge is 0.497 e. The van der Waals surface area contributed by atoms with E-state index in [0.717, 1.165) is 6.07 Å². The van der Waals surface area contributed by atoms with E-state index >= 15 is 0 Å². The van der Waals surface area contributed by atoms with Crippen molar-refractivity contribution in [3.8, 4) is 17.4 Å². The van der Waals surface area contributed by atoms with E-state index in [0.29, 0.717) is 11.5 Å². The zero-order valence-electron chi connectivity index (χ0n) is 12.0. The average molecular weight is 318 g/mol. The first-order valence-electron chi connectivity index (χ1n) is 6.54. The predicted octanol–water partition coefficient (Wildman–Crippen LogP) is 2.83. The Balaban J connectivity index is 1.65. The van der Waals surface area contributed by atoms with Gasteiger partial charge in [-0.2, -0.15) is 0 Å². The third kappa shape index (κ3) is 3.20. The van der Waals surface area contributed by atoms with Crippen LogP contribution in [0.2, 0.25) is 0 Å². The molecule has 0 saturated carbocycles. The van der Waals surface area contributed by atoms with Gasteiger partial charge in [0.1, 0.15) is 11.6 Å². The van der Waals surface area contributed by atoms with E-state index < -0.39 is 11.8 Å². The Morgan fingerprint density at radius 3 is 2.87 bits per heavy atom. The molecule has 0 atom stereocenters. The van der Waals surface area contributed by atoms with Gasteiger partial charge < -0.3 is 18.3 Å². The second-order valence-electron chi connectivity index (χ2n) is 4.40. The van der Waals surface area contributed by atoms with E-state index in [9.17, 15) is 9.18 Å². The molecule has 7 nitrogen and oxygen atoms in total. The van der Waals surface area contributed by atoms with Crippen LogP contribution in [0.1, 0.15) is 16.2 Å². The number of benzene rings is 1. The first kappa shape index (κ1) is 14.8. The summed E-state index contributed by atoms with van der Waals surface area (Å²) in [6.45, 7) is -0.280. The van der Waals surface area contributed by atoms with E-state index in [-0.39, 0.29) is 24.0 Å². The second kappa shape index (κ2) is 6.30. The molecule has 3 rings (SSSR count). The summed E-state index contributed by atoms with van der Waals surface area (Å²) in [5.41, 5.74) is -0.212. The van der Waals surface area contributed by atoms with Gasteiger partial charge in [-0.1, -0.05) is 0 Å². The molecule has 0 aliphatic rings. The summed E-state index contributed by atoms with van der Waals surface area (Å²) in [5, 5.41) is 7.48. The van der Waals surface area contributed by atoms with Gasteiger partial charge in [-0.25, -0.2) is 9.18 Å². The fraction of sp³-hybridized carbons (Fsp3) is 0.133. The van der Waals surface area contributed by atoms with Gasteiger partial charge in [0, 0.05) is 6.07 Å². The van der Waals surface area contributed by atoms with Gasteiger partial charge in [0.05, 0.1) is 18.9 Å². The van der Waals surface area contributed by atoms with Crippen LogP contribution in [0.5, 0.6) is 5.75 Å². The number of furan rings is 1. The molecule has 0 unspecified atom stereocenters. The maximum Gasteiger partial charge on any atom is 0.341 e. The summed E-state index contributed by atoms with van der Waals surface area (Å²) in [5.74, 6) is -0.648. The summed E-state index contributed by atoms with van der Waals surface area (Å²) in [4.78, 5) is 11.9. The van der Waals surface area contributed by atoms with Crippen molar-refractivity contribution in [2.45, 2.75) is 6.61 Å². The predicted molar refractivity (Wildman–Crippen MR) is 74.1 cm³/mol. The highest BCUT2D eigenvalue weighted by Gasteiger charge is 2.16. The minimum Gasteiger partial charge on any atom is -0.497 e. The van der Waals surface area contributed by atoms with E-state index in [1.54, 1.807) is 12.1 Å². The molecule has 0 amide bonds. The van der Waals surface area contributed by atoms with Crippen LogP contribution in [0.15, 0.2) is 45.4 Å². The maximum absolute atomic E-state index is 13.8. The number of aromatic nitrogens is 2. The third-order valence-corrected chi connectivity index (χ3v) is 2.92. The van der Waals surface area contributed by atoms with Crippen LogP contribution in [0.3, 0.4) is 0 Å². The van der Waals surface area contributed by atoms with E-state index in [2.05, 4.69) is 10.2 Å². The van der Waals surface area contributed by atoms with Gasteiger partial charge in [-0.3, -0.25) is 0 Å². The molecule has 0 fully saturated rings.